The first-order valence-electron chi connectivity index (χ1n) is 9.63. The Hall–Kier alpha value is -1.33. The lowest BCUT2D eigenvalue weighted by molar-refractivity contribution is -0.157. The zero-order valence-electron chi connectivity index (χ0n) is 16.9. The van der Waals surface area contributed by atoms with Gasteiger partial charge in [0.2, 0.25) is 0 Å². The largest absolute Gasteiger partial charge is 0.390 e. The van der Waals surface area contributed by atoms with Gasteiger partial charge < -0.3 is 10.2 Å². The average molecular weight is 366 g/mol. The van der Waals surface area contributed by atoms with Crippen LogP contribution in [0.25, 0.3) is 0 Å². The molecule has 1 rings (SSSR count). The molecule has 2 N–H and O–H groups in total. The molecular weight excluding hydrogens is 332 g/mol. The summed E-state index contributed by atoms with van der Waals surface area (Å²) in [6.07, 6.45) is 1.90. The van der Waals surface area contributed by atoms with E-state index in [0.29, 0.717) is 12.8 Å². The van der Waals surface area contributed by atoms with E-state index in [1.54, 1.807) is 13.0 Å². The average Bonchev–Trinajstić information content (AvgIpc) is 2.76. The molecule has 0 heterocycles. The molecule has 5 heteroatoms. The number of hydrogen-bond acceptors (Lipinski definition) is 5. The summed E-state index contributed by atoms with van der Waals surface area (Å²) in [4.78, 5) is 38.5. The zero-order valence-corrected chi connectivity index (χ0v) is 16.9. The summed E-state index contributed by atoms with van der Waals surface area (Å²) in [5.74, 6) is -4.51. The van der Waals surface area contributed by atoms with Crippen LogP contribution in [0.15, 0.2) is 11.6 Å². The monoisotopic (exact) mass is 366 g/mol. The lowest BCUT2D eigenvalue weighted by Crippen LogP contribution is -2.52. The SMILES string of the molecule is CCC(C)C(=O)C1C(=O)[C@@H](CC=C(C)C)C(O)(C(O)CCC(C)C)C1=O. The van der Waals surface area contributed by atoms with Crippen LogP contribution in [-0.4, -0.2) is 39.3 Å². The summed E-state index contributed by atoms with van der Waals surface area (Å²) in [5, 5.41) is 21.8. The van der Waals surface area contributed by atoms with Gasteiger partial charge in [0.15, 0.2) is 23.0 Å². The molecule has 0 radical (unpaired) electrons. The molecule has 5 nitrogen and oxygen atoms in total. The number of aliphatic hydroxyl groups is 2. The predicted molar refractivity (Wildman–Crippen MR) is 101 cm³/mol. The molecule has 1 aliphatic rings. The molecule has 0 bridgehead atoms. The number of Topliss-reactive ketones (excluding diaryl/α,β-unsaturated/α-hetero) is 3. The van der Waals surface area contributed by atoms with E-state index in [-0.39, 0.29) is 18.8 Å². The number of hydrogen-bond donors (Lipinski definition) is 2. The highest BCUT2D eigenvalue weighted by Gasteiger charge is 2.64. The van der Waals surface area contributed by atoms with Gasteiger partial charge in [-0.2, -0.15) is 0 Å². The van der Waals surface area contributed by atoms with E-state index >= 15 is 0 Å². The number of allylic oxidation sites excluding steroid dienone is 2. The minimum absolute atomic E-state index is 0.145. The highest BCUT2D eigenvalue weighted by Crippen LogP contribution is 2.41. The molecule has 0 aliphatic heterocycles. The predicted octanol–water partition coefficient (Wildman–Crippen LogP) is 2.87. The molecule has 0 amide bonds. The van der Waals surface area contributed by atoms with Crippen LogP contribution in [0, 0.1) is 23.7 Å². The van der Waals surface area contributed by atoms with Crippen LogP contribution in [0.2, 0.25) is 0 Å². The molecule has 0 aromatic carbocycles. The summed E-state index contributed by atoms with van der Waals surface area (Å²) in [6, 6.07) is 0. The van der Waals surface area contributed by atoms with Crippen molar-refractivity contribution in [2.75, 3.05) is 0 Å². The summed E-state index contributed by atoms with van der Waals surface area (Å²) < 4.78 is 0. The number of aliphatic hydroxyl groups excluding tert-OH is 1. The van der Waals surface area contributed by atoms with E-state index in [1.165, 1.54) is 0 Å². The lowest BCUT2D eigenvalue weighted by Gasteiger charge is -2.32. The maximum Gasteiger partial charge on any atom is 0.185 e. The summed E-state index contributed by atoms with van der Waals surface area (Å²) in [6.45, 7) is 11.2. The minimum atomic E-state index is -2.19. The first kappa shape index (κ1) is 22.7. The number of ketones is 3. The van der Waals surface area contributed by atoms with Crippen molar-refractivity contribution in [3.05, 3.63) is 11.6 Å². The summed E-state index contributed by atoms with van der Waals surface area (Å²) >= 11 is 0. The first-order valence-corrected chi connectivity index (χ1v) is 9.63. The minimum Gasteiger partial charge on any atom is -0.390 e. The van der Waals surface area contributed by atoms with Gasteiger partial charge in [0.1, 0.15) is 5.92 Å². The van der Waals surface area contributed by atoms with Gasteiger partial charge >= 0.3 is 0 Å². The molecule has 1 aliphatic carbocycles. The van der Waals surface area contributed by atoms with Gasteiger partial charge in [0, 0.05) is 5.92 Å². The quantitative estimate of drug-likeness (QED) is 0.483. The van der Waals surface area contributed by atoms with Gasteiger partial charge in [0.05, 0.1) is 12.0 Å². The van der Waals surface area contributed by atoms with Crippen molar-refractivity contribution in [2.45, 2.75) is 78.9 Å². The topological polar surface area (TPSA) is 91.7 Å². The van der Waals surface area contributed by atoms with Crippen LogP contribution in [0.1, 0.15) is 67.2 Å². The smallest absolute Gasteiger partial charge is 0.185 e. The Morgan fingerprint density at radius 2 is 1.77 bits per heavy atom. The van der Waals surface area contributed by atoms with Crippen LogP contribution in [0.4, 0.5) is 0 Å². The Kier molecular flexibility index (Phi) is 7.90. The van der Waals surface area contributed by atoms with E-state index in [1.807, 2.05) is 34.6 Å². The van der Waals surface area contributed by atoms with Gasteiger partial charge in [-0.25, -0.2) is 0 Å². The van der Waals surface area contributed by atoms with Gasteiger partial charge in [-0.3, -0.25) is 14.4 Å². The fourth-order valence-corrected chi connectivity index (χ4v) is 3.46. The third-order valence-electron chi connectivity index (χ3n) is 5.49. The van der Waals surface area contributed by atoms with E-state index in [2.05, 4.69) is 0 Å². The first-order chi connectivity index (χ1) is 12.0. The third kappa shape index (κ3) is 4.49. The van der Waals surface area contributed by atoms with Crippen molar-refractivity contribution in [1.29, 1.82) is 0 Å². The number of carbonyl (C=O) groups is 3. The van der Waals surface area contributed by atoms with Gasteiger partial charge in [-0.15, -0.1) is 0 Å². The Morgan fingerprint density at radius 3 is 2.23 bits per heavy atom. The van der Waals surface area contributed by atoms with Crippen LogP contribution >= 0.6 is 0 Å². The molecule has 0 aromatic rings. The standard InChI is InChI=1S/C21H34O5/c1-7-14(6)18(23)17-19(24)15(10-8-12(2)3)21(26,20(17)25)16(22)11-9-13(4)5/h8,13-17,22,26H,7,9-11H2,1-6H3/t14?,15-,16?,17?,21?/m1/s1. The Morgan fingerprint density at radius 1 is 1.19 bits per heavy atom. The van der Waals surface area contributed by atoms with Gasteiger partial charge in [-0.1, -0.05) is 39.3 Å². The van der Waals surface area contributed by atoms with Gasteiger partial charge in [0.25, 0.3) is 0 Å². The van der Waals surface area contributed by atoms with Crippen molar-refractivity contribution in [3.8, 4) is 0 Å². The Balaban J connectivity index is 3.28. The summed E-state index contributed by atoms with van der Waals surface area (Å²) in [7, 11) is 0. The fourth-order valence-electron chi connectivity index (χ4n) is 3.46. The molecule has 5 atom stereocenters. The lowest BCUT2D eigenvalue weighted by atomic mass is 9.79. The second-order valence-electron chi connectivity index (χ2n) is 8.29. The van der Waals surface area contributed by atoms with Crippen molar-refractivity contribution in [1.82, 2.24) is 0 Å². The van der Waals surface area contributed by atoms with Crippen LogP contribution in [-0.2, 0) is 14.4 Å². The Labute approximate surface area is 156 Å². The maximum atomic E-state index is 13.0. The number of rotatable bonds is 9. The van der Waals surface area contributed by atoms with Crippen LogP contribution in [0.5, 0.6) is 0 Å². The normalized spacial score (nSPS) is 28.3. The van der Waals surface area contributed by atoms with Crippen molar-refractivity contribution in [2.24, 2.45) is 23.7 Å². The van der Waals surface area contributed by atoms with E-state index in [0.717, 1.165) is 5.57 Å². The fraction of sp³-hybridized carbons (Fsp3) is 0.762. The third-order valence-corrected chi connectivity index (χ3v) is 5.49. The molecular formula is C21H34O5. The Bertz CT molecular complexity index is 573. The van der Waals surface area contributed by atoms with Crippen LogP contribution in [0.3, 0.4) is 0 Å². The van der Waals surface area contributed by atoms with Crippen molar-refractivity contribution in [3.63, 3.8) is 0 Å². The molecule has 148 valence electrons. The molecule has 0 saturated heterocycles. The molecule has 1 saturated carbocycles. The van der Waals surface area contributed by atoms with E-state index in [4.69, 9.17) is 0 Å². The molecule has 4 unspecified atom stereocenters. The van der Waals surface area contributed by atoms with Crippen molar-refractivity contribution >= 4 is 17.3 Å². The van der Waals surface area contributed by atoms with Crippen molar-refractivity contribution < 1.29 is 24.6 Å². The molecule has 1 fully saturated rings. The zero-order chi connectivity index (χ0) is 20.2. The van der Waals surface area contributed by atoms with Crippen LogP contribution < -0.4 is 0 Å². The summed E-state index contributed by atoms with van der Waals surface area (Å²) in [5.41, 5.74) is -1.24. The van der Waals surface area contributed by atoms with E-state index in [9.17, 15) is 24.6 Å². The maximum absolute atomic E-state index is 13.0. The van der Waals surface area contributed by atoms with Gasteiger partial charge in [-0.05, 0) is 45.4 Å². The molecule has 26 heavy (non-hydrogen) atoms. The highest BCUT2D eigenvalue weighted by atomic mass is 16.4. The molecule has 0 aromatic heterocycles. The van der Waals surface area contributed by atoms with E-state index < -0.39 is 46.8 Å². The second-order valence-corrected chi connectivity index (χ2v) is 8.29. The second kappa shape index (κ2) is 9.05. The number of carbonyl (C=O) groups excluding carboxylic acids is 3. The molecule has 0 spiro atoms. The highest BCUT2D eigenvalue weighted by molar-refractivity contribution is 6.28.